The Morgan fingerprint density at radius 3 is 2.75 bits per heavy atom. The van der Waals surface area contributed by atoms with Crippen molar-refractivity contribution in [1.82, 2.24) is 4.98 Å². The highest BCUT2D eigenvalue weighted by atomic mass is 35.5. The standard InChI is InChI=1S/C8H11ClN2O/c1-5(12)8(10)6-2-7(9)4-11-3-6/h2-5,8,12H,10H2,1H3/t5-,8+/m1/s1. The summed E-state index contributed by atoms with van der Waals surface area (Å²) in [6.07, 6.45) is 2.54. The van der Waals surface area contributed by atoms with Crippen molar-refractivity contribution >= 4 is 11.6 Å². The zero-order valence-corrected chi connectivity index (χ0v) is 7.49. The van der Waals surface area contributed by atoms with E-state index < -0.39 is 12.1 Å². The highest BCUT2D eigenvalue weighted by molar-refractivity contribution is 6.30. The lowest BCUT2D eigenvalue weighted by Crippen LogP contribution is -2.23. The molecule has 0 amide bonds. The molecular formula is C8H11ClN2O. The fraction of sp³-hybridized carbons (Fsp3) is 0.375. The van der Waals surface area contributed by atoms with Gasteiger partial charge >= 0.3 is 0 Å². The molecule has 0 saturated heterocycles. The third-order valence-electron chi connectivity index (χ3n) is 1.63. The maximum absolute atomic E-state index is 9.17. The van der Waals surface area contributed by atoms with Gasteiger partial charge < -0.3 is 10.8 Å². The largest absolute Gasteiger partial charge is 0.391 e. The molecule has 0 spiro atoms. The van der Waals surface area contributed by atoms with Crippen LogP contribution in [0.5, 0.6) is 0 Å². The Balaban J connectivity index is 2.88. The molecule has 0 aliphatic heterocycles. The van der Waals surface area contributed by atoms with E-state index >= 15 is 0 Å². The minimum Gasteiger partial charge on any atom is -0.391 e. The molecule has 1 heterocycles. The first-order valence-electron chi connectivity index (χ1n) is 3.65. The lowest BCUT2D eigenvalue weighted by atomic mass is 10.1. The van der Waals surface area contributed by atoms with Gasteiger partial charge in [-0.3, -0.25) is 4.98 Å². The minimum absolute atomic E-state index is 0.420. The van der Waals surface area contributed by atoms with E-state index in [0.29, 0.717) is 5.02 Å². The van der Waals surface area contributed by atoms with Gasteiger partial charge in [0, 0.05) is 12.4 Å². The van der Waals surface area contributed by atoms with Gasteiger partial charge in [-0.25, -0.2) is 0 Å². The molecule has 0 aliphatic carbocycles. The SMILES string of the molecule is C[C@@H](O)[C@H](N)c1cncc(Cl)c1. The molecule has 0 unspecified atom stereocenters. The Hall–Kier alpha value is -0.640. The maximum Gasteiger partial charge on any atom is 0.0705 e. The third-order valence-corrected chi connectivity index (χ3v) is 1.84. The molecule has 3 nitrogen and oxygen atoms in total. The molecule has 0 bridgehead atoms. The minimum atomic E-state index is -0.592. The highest BCUT2D eigenvalue weighted by Crippen LogP contribution is 2.16. The molecule has 12 heavy (non-hydrogen) atoms. The number of rotatable bonds is 2. The van der Waals surface area contributed by atoms with Crippen LogP contribution in [-0.4, -0.2) is 16.2 Å². The third kappa shape index (κ3) is 2.17. The smallest absolute Gasteiger partial charge is 0.0705 e. The lowest BCUT2D eigenvalue weighted by molar-refractivity contribution is 0.164. The fourth-order valence-electron chi connectivity index (χ4n) is 0.889. The summed E-state index contributed by atoms with van der Waals surface area (Å²) in [6, 6.07) is 1.28. The number of hydrogen-bond acceptors (Lipinski definition) is 3. The van der Waals surface area contributed by atoms with Crippen molar-refractivity contribution in [1.29, 1.82) is 0 Å². The van der Waals surface area contributed by atoms with Gasteiger partial charge in [-0.15, -0.1) is 0 Å². The van der Waals surface area contributed by atoms with Crippen molar-refractivity contribution in [2.24, 2.45) is 5.73 Å². The summed E-state index contributed by atoms with van der Waals surface area (Å²) in [7, 11) is 0. The van der Waals surface area contributed by atoms with Gasteiger partial charge in [0.25, 0.3) is 0 Å². The first-order valence-corrected chi connectivity index (χ1v) is 4.03. The number of aromatic nitrogens is 1. The molecule has 1 aromatic heterocycles. The predicted molar refractivity (Wildman–Crippen MR) is 47.9 cm³/mol. The van der Waals surface area contributed by atoms with Crippen LogP contribution in [0.15, 0.2) is 18.5 Å². The lowest BCUT2D eigenvalue weighted by Gasteiger charge is -2.14. The molecule has 3 N–H and O–H groups in total. The Labute approximate surface area is 76.2 Å². The molecule has 2 atom stereocenters. The van der Waals surface area contributed by atoms with Crippen LogP contribution < -0.4 is 5.73 Å². The van der Waals surface area contributed by atoms with E-state index in [1.165, 1.54) is 6.20 Å². The Morgan fingerprint density at radius 2 is 2.25 bits per heavy atom. The summed E-state index contributed by atoms with van der Waals surface area (Å²) in [5.41, 5.74) is 6.41. The van der Waals surface area contributed by atoms with Gasteiger partial charge in [0.15, 0.2) is 0 Å². The van der Waals surface area contributed by atoms with Crippen LogP contribution in [0.2, 0.25) is 5.02 Å². The molecule has 0 aromatic carbocycles. The quantitative estimate of drug-likeness (QED) is 0.728. The summed E-state index contributed by atoms with van der Waals surface area (Å²) >= 11 is 5.69. The number of nitrogens with two attached hydrogens (primary N) is 1. The van der Waals surface area contributed by atoms with E-state index in [4.69, 9.17) is 22.4 Å². The van der Waals surface area contributed by atoms with Crippen LogP contribution >= 0.6 is 11.6 Å². The average Bonchev–Trinajstić information content (AvgIpc) is 2.03. The van der Waals surface area contributed by atoms with E-state index in [-0.39, 0.29) is 0 Å². The Bertz CT molecular complexity index is 265. The van der Waals surface area contributed by atoms with Crippen LogP contribution in [0, 0.1) is 0 Å². The predicted octanol–water partition coefficient (Wildman–Crippen LogP) is 1.12. The molecule has 0 fully saturated rings. The van der Waals surface area contributed by atoms with Gasteiger partial charge in [0.05, 0.1) is 17.2 Å². The molecule has 0 aliphatic rings. The van der Waals surface area contributed by atoms with Gasteiger partial charge in [-0.2, -0.15) is 0 Å². The summed E-state index contributed by atoms with van der Waals surface area (Å²) in [6.45, 7) is 1.63. The molecule has 1 rings (SSSR count). The van der Waals surface area contributed by atoms with Crippen molar-refractivity contribution in [3.05, 3.63) is 29.0 Å². The van der Waals surface area contributed by atoms with Crippen LogP contribution in [0.4, 0.5) is 0 Å². The van der Waals surface area contributed by atoms with Gasteiger partial charge in [-0.1, -0.05) is 11.6 Å². The number of aliphatic hydroxyl groups excluding tert-OH is 1. The first kappa shape index (κ1) is 9.45. The van der Waals surface area contributed by atoms with Crippen molar-refractivity contribution in [2.75, 3.05) is 0 Å². The van der Waals surface area contributed by atoms with E-state index in [2.05, 4.69) is 4.98 Å². The molecule has 0 saturated carbocycles. The van der Waals surface area contributed by atoms with Gasteiger partial charge in [-0.05, 0) is 18.6 Å². The van der Waals surface area contributed by atoms with Gasteiger partial charge in [0.2, 0.25) is 0 Å². The summed E-state index contributed by atoms with van der Waals surface area (Å²) in [5.74, 6) is 0. The monoisotopic (exact) mass is 186 g/mol. The second-order valence-corrected chi connectivity index (χ2v) is 3.14. The average molecular weight is 187 g/mol. The van der Waals surface area contributed by atoms with E-state index in [1.807, 2.05) is 0 Å². The topological polar surface area (TPSA) is 59.1 Å². The molecule has 4 heteroatoms. The molecule has 0 radical (unpaired) electrons. The number of hydrogen-bond donors (Lipinski definition) is 2. The van der Waals surface area contributed by atoms with E-state index in [0.717, 1.165) is 5.56 Å². The summed E-state index contributed by atoms with van der Waals surface area (Å²) < 4.78 is 0. The summed E-state index contributed by atoms with van der Waals surface area (Å²) in [5, 5.41) is 9.70. The highest BCUT2D eigenvalue weighted by Gasteiger charge is 2.11. The van der Waals surface area contributed by atoms with Crippen LogP contribution in [0.1, 0.15) is 18.5 Å². The molecule has 1 aromatic rings. The molecule has 66 valence electrons. The molecular weight excluding hydrogens is 176 g/mol. The van der Waals surface area contributed by atoms with E-state index in [9.17, 15) is 0 Å². The first-order chi connectivity index (χ1) is 5.61. The van der Waals surface area contributed by atoms with Crippen LogP contribution in [-0.2, 0) is 0 Å². The van der Waals surface area contributed by atoms with Crippen molar-refractivity contribution in [3.8, 4) is 0 Å². The number of nitrogens with zero attached hydrogens (tertiary/aromatic N) is 1. The fourth-order valence-corrected chi connectivity index (χ4v) is 1.07. The zero-order valence-electron chi connectivity index (χ0n) is 6.74. The van der Waals surface area contributed by atoms with Gasteiger partial charge in [0.1, 0.15) is 0 Å². The second kappa shape index (κ2) is 3.85. The number of halogens is 1. The van der Waals surface area contributed by atoms with Crippen molar-refractivity contribution in [2.45, 2.75) is 19.1 Å². The van der Waals surface area contributed by atoms with Crippen LogP contribution in [0.25, 0.3) is 0 Å². The number of pyridine rings is 1. The van der Waals surface area contributed by atoms with Crippen LogP contribution in [0.3, 0.4) is 0 Å². The number of aliphatic hydroxyl groups is 1. The van der Waals surface area contributed by atoms with Crippen molar-refractivity contribution < 1.29 is 5.11 Å². The zero-order chi connectivity index (χ0) is 9.14. The Morgan fingerprint density at radius 1 is 1.58 bits per heavy atom. The van der Waals surface area contributed by atoms with Crippen molar-refractivity contribution in [3.63, 3.8) is 0 Å². The van der Waals surface area contributed by atoms with E-state index in [1.54, 1.807) is 19.2 Å². The maximum atomic E-state index is 9.17. The Kier molecular flexibility index (Phi) is 3.03. The normalized spacial score (nSPS) is 15.7. The summed E-state index contributed by atoms with van der Waals surface area (Å²) in [4.78, 5) is 3.86. The second-order valence-electron chi connectivity index (χ2n) is 2.70.